The van der Waals surface area contributed by atoms with E-state index in [1.807, 2.05) is 26.0 Å². The smallest absolute Gasteiger partial charge is 0.308 e. The van der Waals surface area contributed by atoms with Gasteiger partial charge < -0.3 is 9.84 Å². The van der Waals surface area contributed by atoms with E-state index in [4.69, 9.17) is 0 Å². The first kappa shape index (κ1) is 25.6. The second-order valence-corrected chi connectivity index (χ2v) is 9.06. The van der Waals surface area contributed by atoms with Crippen LogP contribution in [0.25, 0.3) is 17.3 Å². The highest BCUT2D eigenvalue weighted by atomic mass is 32.2. The lowest BCUT2D eigenvalue weighted by Gasteiger charge is -2.20. The lowest BCUT2D eigenvalue weighted by molar-refractivity contribution is -0.142. The summed E-state index contributed by atoms with van der Waals surface area (Å²) in [5.41, 5.74) is 2.84. The number of hydrogen-bond donors (Lipinski definition) is 1. The standard InChI is InChI=1S/C23H30FN3O4S/c1-15(2)21-19(9-7-6-8-18(28)14-20(29)31-4)22(16-10-12-17(24)13-11-16)26-23(25-21)27(3)32(5)30/h7,9-13,15,18,28H,6,8,14H2,1-5H3/b9-7+. The molecule has 2 aromatic rings. The van der Waals surface area contributed by atoms with E-state index in [1.54, 1.807) is 25.4 Å². The van der Waals surface area contributed by atoms with Crippen molar-refractivity contribution in [3.63, 3.8) is 0 Å². The summed E-state index contributed by atoms with van der Waals surface area (Å²) in [6, 6.07) is 6.02. The Kier molecular flexibility index (Phi) is 9.46. The molecule has 0 saturated carbocycles. The third kappa shape index (κ3) is 6.93. The Balaban J connectivity index is 2.45. The van der Waals surface area contributed by atoms with E-state index in [9.17, 15) is 18.5 Å². The van der Waals surface area contributed by atoms with Crippen molar-refractivity contribution in [1.29, 1.82) is 0 Å². The van der Waals surface area contributed by atoms with Crippen molar-refractivity contribution in [1.82, 2.24) is 9.97 Å². The van der Waals surface area contributed by atoms with Gasteiger partial charge >= 0.3 is 5.97 Å². The molecule has 0 aliphatic rings. The molecule has 0 spiro atoms. The summed E-state index contributed by atoms with van der Waals surface area (Å²) in [5.74, 6) is -0.446. The van der Waals surface area contributed by atoms with Crippen LogP contribution in [0, 0.1) is 5.82 Å². The third-order valence-corrected chi connectivity index (χ3v) is 5.81. The van der Waals surface area contributed by atoms with Gasteiger partial charge in [0.15, 0.2) is 0 Å². The highest BCUT2D eigenvalue weighted by molar-refractivity contribution is 7.85. The van der Waals surface area contributed by atoms with E-state index in [0.717, 1.165) is 11.3 Å². The van der Waals surface area contributed by atoms with Gasteiger partial charge in [-0.2, -0.15) is 0 Å². The van der Waals surface area contributed by atoms with Crippen LogP contribution in [-0.2, 0) is 20.5 Å². The zero-order valence-corrected chi connectivity index (χ0v) is 19.9. The highest BCUT2D eigenvalue weighted by Gasteiger charge is 2.19. The van der Waals surface area contributed by atoms with E-state index in [1.165, 1.54) is 23.5 Å². The third-order valence-electron chi connectivity index (χ3n) is 4.88. The molecule has 1 aromatic carbocycles. The molecule has 2 unspecified atom stereocenters. The fraction of sp³-hybridized carbons (Fsp3) is 0.435. The number of carbonyl (C=O) groups excluding carboxylic acids is 1. The minimum absolute atomic E-state index is 0.0409. The zero-order valence-electron chi connectivity index (χ0n) is 19.0. The molecule has 0 aliphatic carbocycles. The lowest BCUT2D eigenvalue weighted by atomic mass is 9.97. The molecule has 9 heteroatoms. The van der Waals surface area contributed by atoms with Crippen LogP contribution >= 0.6 is 0 Å². The number of anilines is 1. The molecule has 2 rings (SSSR count). The zero-order chi connectivity index (χ0) is 23.8. The number of ether oxygens (including phenoxy) is 1. The lowest BCUT2D eigenvalue weighted by Crippen LogP contribution is -2.22. The Morgan fingerprint density at radius 3 is 2.50 bits per heavy atom. The number of methoxy groups -OCH3 is 1. The molecule has 0 aliphatic heterocycles. The molecule has 0 bridgehead atoms. The van der Waals surface area contributed by atoms with Crippen LogP contribution in [0.3, 0.4) is 0 Å². The van der Waals surface area contributed by atoms with Crippen LogP contribution in [0.2, 0.25) is 0 Å². The topological polar surface area (TPSA) is 92.6 Å². The van der Waals surface area contributed by atoms with Gasteiger partial charge in [0.25, 0.3) is 0 Å². The molecule has 1 aromatic heterocycles. The fourth-order valence-corrected chi connectivity index (χ4v) is 3.34. The first-order valence-electron chi connectivity index (χ1n) is 10.3. The van der Waals surface area contributed by atoms with E-state index < -0.39 is 23.1 Å². The minimum Gasteiger partial charge on any atom is -0.469 e. The fourth-order valence-electron chi connectivity index (χ4n) is 3.03. The summed E-state index contributed by atoms with van der Waals surface area (Å²) >= 11 is 0. The molecule has 0 fully saturated rings. The quantitative estimate of drug-likeness (QED) is 0.538. The Morgan fingerprint density at radius 2 is 1.94 bits per heavy atom. The van der Waals surface area contributed by atoms with Crippen LogP contribution in [0.4, 0.5) is 10.3 Å². The molecule has 2 atom stereocenters. The molecule has 7 nitrogen and oxygen atoms in total. The van der Waals surface area contributed by atoms with Crippen molar-refractivity contribution in [3.05, 3.63) is 47.4 Å². The van der Waals surface area contributed by atoms with Crippen LogP contribution in [0.5, 0.6) is 0 Å². The van der Waals surface area contributed by atoms with Gasteiger partial charge in [0.2, 0.25) is 5.95 Å². The number of rotatable bonds is 10. The van der Waals surface area contributed by atoms with E-state index in [2.05, 4.69) is 14.7 Å². The van der Waals surface area contributed by atoms with Crippen LogP contribution in [-0.4, -0.2) is 51.8 Å². The van der Waals surface area contributed by atoms with Gasteiger partial charge in [0.05, 0.1) is 31.0 Å². The maximum absolute atomic E-state index is 13.5. The molecular formula is C23H30FN3O4S. The van der Waals surface area contributed by atoms with Crippen LogP contribution < -0.4 is 4.31 Å². The van der Waals surface area contributed by atoms with E-state index >= 15 is 0 Å². The second-order valence-electron chi connectivity index (χ2n) is 7.67. The van der Waals surface area contributed by atoms with Crippen LogP contribution in [0.1, 0.15) is 50.3 Å². The van der Waals surface area contributed by atoms with Gasteiger partial charge in [0.1, 0.15) is 16.8 Å². The predicted octanol–water partition coefficient (Wildman–Crippen LogP) is 3.85. The monoisotopic (exact) mass is 463 g/mol. The molecule has 0 radical (unpaired) electrons. The van der Waals surface area contributed by atoms with Gasteiger partial charge in [-0.15, -0.1) is 0 Å². The number of aliphatic hydroxyl groups is 1. The number of aromatic nitrogens is 2. The number of hydrogen-bond acceptors (Lipinski definition) is 6. The maximum atomic E-state index is 13.5. The molecule has 0 amide bonds. The average Bonchev–Trinajstić information content (AvgIpc) is 2.76. The number of allylic oxidation sites excluding steroid dienone is 1. The SMILES string of the molecule is COC(=O)CC(O)CC/C=C/c1c(-c2ccc(F)cc2)nc(N(C)S(C)=O)nc1C(C)C. The Labute approximate surface area is 190 Å². The number of halogens is 1. The van der Waals surface area contributed by atoms with Crippen molar-refractivity contribution in [2.75, 3.05) is 24.7 Å². The van der Waals surface area contributed by atoms with Crippen molar-refractivity contribution in [2.45, 2.75) is 45.1 Å². The molecule has 1 N–H and O–H groups in total. The molecule has 32 heavy (non-hydrogen) atoms. The van der Waals surface area contributed by atoms with Crippen molar-refractivity contribution >= 4 is 29.0 Å². The Bertz CT molecular complexity index is 980. The van der Waals surface area contributed by atoms with E-state index in [-0.39, 0.29) is 18.2 Å². The van der Waals surface area contributed by atoms with Crippen molar-refractivity contribution in [3.8, 4) is 11.3 Å². The Morgan fingerprint density at radius 1 is 1.28 bits per heavy atom. The predicted molar refractivity (Wildman–Crippen MR) is 125 cm³/mol. The highest BCUT2D eigenvalue weighted by Crippen LogP contribution is 2.31. The summed E-state index contributed by atoms with van der Waals surface area (Å²) in [4.78, 5) is 20.6. The number of nitrogens with zero attached hydrogens (tertiary/aromatic N) is 3. The molecule has 1 heterocycles. The number of aliphatic hydroxyl groups excluding tert-OH is 1. The Hall–Kier alpha value is -2.65. The molecular weight excluding hydrogens is 433 g/mol. The normalized spacial score (nSPS) is 13.4. The van der Waals surface area contributed by atoms with Gasteiger partial charge in [-0.1, -0.05) is 26.0 Å². The first-order valence-corrected chi connectivity index (χ1v) is 11.8. The molecule has 0 saturated heterocycles. The maximum Gasteiger partial charge on any atom is 0.308 e. The van der Waals surface area contributed by atoms with Crippen LogP contribution in [0.15, 0.2) is 30.3 Å². The van der Waals surface area contributed by atoms with Gasteiger partial charge in [0, 0.05) is 24.4 Å². The van der Waals surface area contributed by atoms with E-state index in [0.29, 0.717) is 30.0 Å². The van der Waals surface area contributed by atoms with Gasteiger partial charge in [-0.05, 0) is 43.0 Å². The molecule has 174 valence electrons. The summed E-state index contributed by atoms with van der Waals surface area (Å²) < 4.78 is 31.6. The number of carbonyl (C=O) groups is 1. The minimum atomic E-state index is -1.31. The van der Waals surface area contributed by atoms with Crippen molar-refractivity contribution in [2.24, 2.45) is 0 Å². The average molecular weight is 464 g/mol. The summed E-state index contributed by atoms with van der Waals surface area (Å²) in [7, 11) is 1.63. The van der Waals surface area contributed by atoms with Gasteiger partial charge in [-0.3, -0.25) is 9.10 Å². The number of esters is 1. The summed E-state index contributed by atoms with van der Waals surface area (Å²) in [5, 5.41) is 9.97. The van der Waals surface area contributed by atoms with Crippen molar-refractivity contribution < 1.29 is 23.2 Å². The summed E-state index contributed by atoms with van der Waals surface area (Å²) in [6.07, 6.45) is 5.39. The number of benzene rings is 1. The van der Waals surface area contributed by atoms with Gasteiger partial charge in [-0.25, -0.2) is 18.6 Å². The first-order chi connectivity index (χ1) is 15.1. The largest absolute Gasteiger partial charge is 0.469 e. The second kappa shape index (κ2) is 11.8. The summed E-state index contributed by atoms with van der Waals surface area (Å²) in [6.45, 7) is 4.00.